The minimum Gasteiger partial charge on any atom is -0.384 e. The van der Waals surface area contributed by atoms with E-state index in [1.54, 1.807) is 23.1 Å². The number of nitrogens with two attached hydrogens (primary N) is 1. The van der Waals surface area contributed by atoms with Gasteiger partial charge in [0.05, 0.1) is 22.5 Å². The molecule has 1 unspecified atom stereocenters. The van der Waals surface area contributed by atoms with Crippen molar-refractivity contribution in [3.8, 4) is 6.07 Å². The van der Waals surface area contributed by atoms with Crippen molar-refractivity contribution in [2.45, 2.75) is 32.6 Å². The SMILES string of the molecule is CC1(C)CC(=O)C2=C(C1)N(c1ccccc1[N+](=O)[O-])C(N)=C(C#N)C2c1cc(Br)cs1. The third kappa shape index (κ3) is 3.56. The van der Waals surface area contributed by atoms with Crippen LogP contribution in [-0.2, 0) is 4.79 Å². The molecule has 7 nitrogen and oxygen atoms in total. The molecule has 9 heteroatoms. The molecule has 1 aliphatic heterocycles. The molecule has 0 radical (unpaired) electrons. The number of thiophene rings is 1. The summed E-state index contributed by atoms with van der Waals surface area (Å²) in [5, 5.41) is 23.7. The number of benzene rings is 1. The number of carbonyl (C=O) groups is 1. The van der Waals surface area contributed by atoms with Crippen LogP contribution in [-0.4, -0.2) is 10.7 Å². The summed E-state index contributed by atoms with van der Waals surface area (Å²) in [5.41, 5.74) is 7.63. The van der Waals surface area contributed by atoms with Crippen LogP contribution in [0.4, 0.5) is 11.4 Å². The van der Waals surface area contributed by atoms with Crippen molar-refractivity contribution in [2.24, 2.45) is 11.1 Å². The molecular weight excluding hydrogens is 480 g/mol. The van der Waals surface area contributed by atoms with E-state index in [-0.39, 0.29) is 34.0 Å². The molecule has 4 rings (SSSR count). The van der Waals surface area contributed by atoms with Gasteiger partial charge < -0.3 is 5.73 Å². The summed E-state index contributed by atoms with van der Waals surface area (Å²) in [6.45, 7) is 3.98. The van der Waals surface area contributed by atoms with Gasteiger partial charge in [0.1, 0.15) is 11.5 Å². The summed E-state index contributed by atoms with van der Waals surface area (Å²) >= 11 is 4.88. The molecule has 2 N–H and O–H groups in total. The molecule has 2 heterocycles. The topological polar surface area (TPSA) is 113 Å². The number of halogens is 1. The van der Waals surface area contributed by atoms with Crippen LogP contribution in [0.25, 0.3) is 0 Å². The minimum absolute atomic E-state index is 0.0652. The van der Waals surface area contributed by atoms with E-state index in [2.05, 4.69) is 22.0 Å². The molecule has 1 aliphatic carbocycles. The summed E-state index contributed by atoms with van der Waals surface area (Å²) in [6.07, 6.45) is 0.834. The van der Waals surface area contributed by atoms with Crippen molar-refractivity contribution in [3.63, 3.8) is 0 Å². The zero-order valence-electron chi connectivity index (χ0n) is 16.9. The van der Waals surface area contributed by atoms with Crippen LogP contribution < -0.4 is 10.6 Å². The third-order valence-electron chi connectivity index (χ3n) is 5.57. The molecule has 31 heavy (non-hydrogen) atoms. The van der Waals surface area contributed by atoms with E-state index < -0.39 is 10.8 Å². The van der Waals surface area contributed by atoms with Gasteiger partial charge in [-0.1, -0.05) is 26.0 Å². The lowest BCUT2D eigenvalue weighted by molar-refractivity contribution is -0.384. The third-order valence-corrected chi connectivity index (χ3v) is 7.33. The number of nitriles is 1. The fourth-order valence-corrected chi connectivity index (χ4v) is 5.92. The fraction of sp³-hybridized carbons (Fsp3) is 0.273. The Morgan fingerprint density at radius 2 is 2.06 bits per heavy atom. The van der Waals surface area contributed by atoms with Gasteiger partial charge in [-0.2, -0.15) is 5.26 Å². The number of para-hydroxylation sites is 2. The normalized spacial score (nSPS) is 20.5. The van der Waals surface area contributed by atoms with Gasteiger partial charge in [0.25, 0.3) is 5.69 Å². The Morgan fingerprint density at radius 1 is 1.35 bits per heavy atom. The molecule has 1 aromatic carbocycles. The molecule has 1 atom stereocenters. The predicted molar refractivity (Wildman–Crippen MR) is 122 cm³/mol. The number of Topliss-reactive ketones (excluding diaryl/α,β-unsaturated/α-hetero) is 1. The molecule has 0 saturated carbocycles. The average molecular weight is 499 g/mol. The minimum atomic E-state index is -0.584. The van der Waals surface area contributed by atoms with Gasteiger partial charge in [0.2, 0.25) is 0 Å². The summed E-state index contributed by atoms with van der Waals surface area (Å²) in [6, 6.07) is 10.3. The van der Waals surface area contributed by atoms with E-state index in [4.69, 9.17) is 5.73 Å². The van der Waals surface area contributed by atoms with Crippen molar-refractivity contribution >= 4 is 44.4 Å². The van der Waals surface area contributed by atoms with Crippen LogP contribution in [0.3, 0.4) is 0 Å². The number of nitrogens with zero attached hydrogens (tertiary/aromatic N) is 3. The molecule has 0 fully saturated rings. The Kier molecular flexibility index (Phi) is 5.23. The lowest BCUT2D eigenvalue weighted by atomic mass is 9.69. The predicted octanol–water partition coefficient (Wildman–Crippen LogP) is 5.36. The standard InChI is InChI=1S/C22H19BrN4O3S/c1-22(2)8-16-20(17(28)9-22)19(18-7-12(23)11-31-18)13(10-24)21(25)26(16)14-5-3-4-6-15(14)27(29)30/h3-7,11,19H,8-9,25H2,1-2H3. The van der Waals surface area contributed by atoms with Crippen molar-refractivity contribution in [1.29, 1.82) is 5.26 Å². The van der Waals surface area contributed by atoms with E-state index in [1.807, 2.05) is 25.3 Å². The first-order valence-electron chi connectivity index (χ1n) is 9.58. The monoisotopic (exact) mass is 498 g/mol. The van der Waals surface area contributed by atoms with Crippen LogP contribution in [0.5, 0.6) is 0 Å². The number of nitro benzene ring substituents is 1. The second kappa shape index (κ2) is 7.62. The number of carbonyl (C=O) groups excluding carboxylic acids is 1. The van der Waals surface area contributed by atoms with E-state index in [0.717, 1.165) is 9.35 Å². The van der Waals surface area contributed by atoms with E-state index in [0.29, 0.717) is 24.1 Å². The van der Waals surface area contributed by atoms with Gasteiger partial charge >= 0.3 is 0 Å². The highest BCUT2D eigenvalue weighted by Gasteiger charge is 2.46. The summed E-state index contributed by atoms with van der Waals surface area (Å²) in [7, 11) is 0. The van der Waals surface area contributed by atoms with Gasteiger partial charge in [-0.15, -0.1) is 11.3 Å². The van der Waals surface area contributed by atoms with Crippen LogP contribution in [0.1, 0.15) is 37.5 Å². The second-order valence-corrected chi connectivity index (χ2v) is 10.3. The maximum atomic E-state index is 13.4. The van der Waals surface area contributed by atoms with Crippen LogP contribution in [0, 0.1) is 26.9 Å². The number of allylic oxidation sites excluding steroid dienone is 3. The molecule has 0 spiro atoms. The van der Waals surface area contributed by atoms with Crippen LogP contribution >= 0.6 is 27.3 Å². The Balaban J connectivity index is 2.04. The fourth-order valence-electron chi connectivity index (χ4n) is 4.36. The quantitative estimate of drug-likeness (QED) is 0.449. The van der Waals surface area contributed by atoms with Crippen LogP contribution in [0.15, 0.2) is 62.8 Å². The summed E-state index contributed by atoms with van der Waals surface area (Å²) in [4.78, 5) is 27.0. The maximum Gasteiger partial charge on any atom is 0.293 e. The first-order valence-corrected chi connectivity index (χ1v) is 11.3. The molecule has 0 bridgehead atoms. The Hall–Kier alpha value is -2.96. The second-order valence-electron chi connectivity index (χ2n) is 8.39. The van der Waals surface area contributed by atoms with Gasteiger partial charge in [-0.3, -0.25) is 19.8 Å². The number of rotatable bonds is 3. The Bertz CT molecular complexity index is 1220. The largest absolute Gasteiger partial charge is 0.384 e. The molecule has 158 valence electrons. The number of ketones is 1. The Morgan fingerprint density at radius 3 is 2.68 bits per heavy atom. The van der Waals surface area contributed by atoms with Gasteiger partial charge in [0.15, 0.2) is 5.78 Å². The zero-order valence-corrected chi connectivity index (χ0v) is 19.3. The number of hydrogen-bond acceptors (Lipinski definition) is 7. The molecule has 2 aromatic rings. The van der Waals surface area contributed by atoms with E-state index in [1.165, 1.54) is 17.4 Å². The number of anilines is 1. The van der Waals surface area contributed by atoms with Gasteiger partial charge in [-0.05, 0) is 39.9 Å². The summed E-state index contributed by atoms with van der Waals surface area (Å²) in [5.74, 6) is -0.529. The van der Waals surface area contributed by atoms with E-state index in [9.17, 15) is 20.2 Å². The zero-order chi connectivity index (χ0) is 22.5. The molecule has 2 aliphatic rings. The lowest BCUT2D eigenvalue weighted by Crippen LogP contribution is -2.42. The molecule has 0 saturated heterocycles. The highest BCUT2D eigenvalue weighted by atomic mass is 79.9. The highest BCUT2D eigenvalue weighted by molar-refractivity contribution is 9.10. The van der Waals surface area contributed by atoms with Crippen molar-refractivity contribution in [1.82, 2.24) is 0 Å². The Labute approximate surface area is 191 Å². The number of hydrogen-bond donors (Lipinski definition) is 1. The molecule has 1 aromatic heterocycles. The molecule has 0 amide bonds. The van der Waals surface area contributed by atoms with Crippen LogP contribution in [0.2, 0.25) is 0 Å². The van der Waals surface area contributed by atoms with Crippen molar-refractivity contribution < 1.29 is 9.72 Å². The maximum absolute atomic E-state index is 13.4. The van der Waals surface area contributed by atoms with Gasteiger partial charge in [-0.25, -0.2) is 0 Å². The highest BCUT2D eigenvalue weighted by Crippen LogP contribution is 2.52. The van der Waals surface area contributed by atoms with E-state index >= 15 is 0 Å². The smallest absolute Gasteiger partial charge is 0.293 e. The first kappa shape index (κ1) is 21.3. The van der Waals surface area contributed by atoms with Crippen molar-refractivity contribution in [3.05, 3.63) is 77.8 Å². The average Bonchev–Trinajstić information content (AvgIpc) is 3.12. The summed E-state index contributed by atoms with van der Waals surface area (Å²) < 4.78 is 0.857. The molecular formula is C22H19BrN4O3S. The van der Waals surface area contributed by atoms with Crippen molar-refractivity contribution in [2.75, 3.05) is 4.90 Å². The lowest BCUT2D eigenvalue weighted by Gasteiger charge is -2.43. The number of nitro groups is 1. The first-order chi connectivity index (χ1) is 14.6. The van der Waals surface area contributed by atoms with Gasteiger partial charge in [0, 0.05) is 38.5 Å².